The number of aromatic nitrogens is 2. The maximum atomic E-state index is 5.44. The Balaban J connectivity index is 2.56. The van der Waals surface area contributed by atoms with Gasteiger partial charge < -0.3 is 19.7 Å². The molecule has 6 heteroatoms. The first kappa shape index (κ1) is 17.9. The molecule has 0 saturated carbocycles. The smallest absolute Gasteiger partial charge is 0.159 e. The highest BCUT2D eigenvalue weighted by Gasteiger charge is 2.14. The summed E-state index contributed by atoms with van der Waals surface area (Å²) in [5.41, 5.74) is 1.18. The molecule has 0 aliphatic heterocycles. The predicted molar refractivity (Wildman–Crippen MR) is 84.9 cm³/mol. The first-order valence-corrected chi connectivity index (χ1v) is 7.51. The maximum Gasteiger partial charge on any atom is 0.159 e. The Morgan fingerprint density at radius 2 is 2.14 bits per heavy atom. The number of methoxy groups -OCH3 is 2. The molecule has 0 spiro atoms. The fraction of sp³-hybridized carbons (Fsp3) is 0.800. The molecule has 0 aromatic carbocycles. The van der Waals surface area contributed by atoms with Crippen LogP contribution in [-0.2, 0) is 17.7 Å². The second kappa shape index (κ2) is 9.76. The van der Waals surface area contributed by atoms with E-state index in [0.717, 1.165) is 45.0 Å². The molecule has 1 aromatic rings. The Hall–Kier alpha value is -1.11. The van der Waals surface area contributed by atoms with Crippen LogP contribution in [0.3, 0.4) is 0 Å². The molecule has 122 valence electrons. The van der Waals surface area contributed by atoms with Crippen molar-refractivity contribution in [3.05, 3.63) is 11.9 Å². The van der Waals surface area contributed by atoms with Crippen LogP contribution >= 0.6 is 0 Å². The molecule has 0 amide bonds. The molecule has 1 unspecified atom stereocenters. The zero-order chi connectivity index (χ0) is 15.7. The second-order valence-electron chi connectivity index (χ2n) is 5.69. The molecule has 0 radical (unpaired) electrons. The molecule has 0 aliphatic carbocycles. The van der Waals surface area contributed by atoms with E-state index in [1.54, 1.807) is 14.2 Å². The van der Waals surface area contributed by atoms with E-state index in [4.69, 9.17) is 9.47 Å². The normalized spacial score (nSPS) is 12.9. The van der Waals surface area contributed by atoms with Crippen LogP contribution in [0.1, 0.15) is 12.6 Å². The van der Waals surface area contributed by atoms with Gasteiger partial charge in [0.2, 0.25) is 0 Å². The highest BCUT2D eigenvalue weighted by atomic mass is 16.5. The number of likely N-dealkylation sites (N-methyl/N-ethyl adjacent to an activating group) is 1. The Morgan fingerprint density at radius 1 is 1.38 bits per heavy atom. The monoisotopic (exact) mass is 298 g/mol. The Morgan fingerprint density at radius 3 is 2.76 bits per heavy atom. The lowest BCUT2D eigenvalue weighted by molar-refractivity contribution is 0.198. The van der Waals surface area contributed by atoms with E-state index < -0.39 is 0 Å². The summed E-state index contributed by atoms with van der Waals surface area (Å²) in [5, 5.41) is 7.85. The fourth-order valence-electron chi connectivity index (χ4n) is 2.18. The van der Waals surface area contributed by atoms with E-state index in [1.165, 1.54) is 5.69 Å². The van der Waals surface area contributed by atoms with Gasteiger partial charge in [-0.2, -0.15) is 5.10 Å². The van der Waals surface area contributed by atoms with Crippen LogP contribution in [0.4, 0.5) is 0 Å². The summed E-state index contributed by atoms with van der Waals surface area (Å²) < 4.78 is 12.5. The third-order valence-corrected chi connectivity index (χ3v) is 3.41. The number of rotatable bonds is 11. The largest absolute Gasteiger partial charge is 0.493 e. The molecule has 1 atom stereocenters. The molecular weight excluding hydrogens is 268 g/mol. The van der Waals surface area contributed by atoms with Crippen LogP contribution in [0.25, 0.3) is 0 Å². The van der Waals surface area contributed by atoms with Gasteiger partial charge in [-0.3, -0.25) is 4.68 Å². The molecule has 0 fully saturated rings. The van der Waals surface area contributed by atoms with E-state index in [2.05, 4.69) is 41.0 Å². The molecule has 0 saturated heterocycles. The van der Waals surface area contributed by atoms with Gasteiger partial charge >= 0.3 is 0 Å². The van der Waals surface area contributed by atoms with Gasteiger partial charge in [0.15, 0.2) is 5.75 Å². The summed E-state index contributed by atoms with van der Waals surface area (Å²) in [6.45, 7) is 6.69. The lowest BCUT2D eigenvalue weighted by atomic mass is 10.1. The van der Waals surface area contributed by atoms with Gasteiger partial charge in [-0.05, 0) is 33.0 Å². The predicted octanol–water partition coefficient (Wildman–Crippen LogP) is 0.868. The first-order chi connectivity index (χ1) is 10.1. The summed E-state index contributed by atoms with van der Waals surface area (Å²) in [6, 6.07) is 0. The van der Waals surface area contributed by atoms with Crippen molar-refractivity contribution in [1.82, 2.24) is 20.0 Å². The summed E-state index contributed by atoms with van der Waals surface area (Å²) >= 11 is 0. The zero-order valence-electron chi connectivity index (χ0n) is 14.1. The Labute approximate surface area is 128 Å². The second-order valence-corrected chi connectivity index (χ2v) is 5.69. The molecule has 0 bridgehead atoms. The van der Waals surface area contributed by atoms with Gasteiger partial charge in [0.05, 0.1) is 32.2 Å². The van der Waals surface area contributed by atoms with E-state index in [9.17, 15) is 0 Å². The summed E-state index contributed by atoms with van der Waals surface area (Å²) in [5.74, 6) is 1.41. The lowest BCUT2D eigenvalue weighted by Gasteiger charge is -2.16. The highest BCUT2D eigenvalue weighted by molar-refractivity contribution is 5.25. The van der Waals surface area contributed by atoms with Gasteiger partial charge in [-0.25, -0.2) is 0 Å². The molecule has 21 heavy (non-hydrogen) atoms. The van der Waals surface area contributed by atoms with Crippen molar-refractivity contribution in [2.75, 3.05) is 54.6 Å². The fourth-order valence-corrected chi connectivity index (χ4v) is 2.18. The van der Waals surface area contributed by atoms with E-state index in [1.807, 2.05) is 6.20 Å². The zero-order valence-corrected chi connectivity index (χ0v) is 14.1. The maximum absolute atomic E-state index is 5.44. The molecule has 1 rings (SSSR count). The van der Waals surface area contributed by atoms with Gasteiger partial charge in [-0.15, -0.1) is 0 Å². The summed E-state index contributed by atoms with van der Waals surface area (Å²) in [4.78, 5) is 2.16. The minimum absolute atomic E-state index is 0.519. The number of nitrogens with zero attached hydrogens (tertiary/aromatic N) is 3. The average Bonchev–Trinajstić information content (AvgIpc) is 2.83. The van der Waals surface area contributed by atoms with Crippen molar-refractivity contribution in [1.29, 1.82) is 0 Å². The van der Waals surface area contributed by atoms with Gasteiger partial charge in [-0.1, -0.05) is 6.92 Å². The SMILES string of the molecule is COCCNCC(C)Cc1c(OC)cnn1CCN(C)C. The molecular formula is C15H30N4O2. The number of nitrogens with one attached hydrogen (secondary N) is 1. The van der Waals surface area contributed by atoms with Crippen molar-refractivity contribution < 1.29 is 9.47 Å². The van der Waals surface area contributed by atoms with E-state index in [0.29, 0.717) is 5.92 Å². The minimum atomic E-state index is 0.519. The minimum Gasteiger partial charge on any atom is -0.493 e. The van der Waals surface area contributed by atoms with E-state index >= 15 is 0 Å². The van der Waals surface area contributed by atoms with Gasteiger partial charge in [0.25, 0.3) is 0 Å². The Kier molecular flexibility index (Phi) is 8.34. The van der Waals surface area contributed by atoms with Crippen LogP contribution in [0, 0.1) is 5.92 Å². The van der Waals surface area contributed by atoms with Crippen LogP contribution in [0.5, 0.6) is 5.75 Å². The van der Waals surface area contributed by atoms with Gasteiger partial charge in [0.1, 0.15) is 0 Å². The molecule has 6 nitrogen and oxygen atoms in total. The summed E-state index contributed by atoms with van der Waals surface area (Å²) in [7, 11) is 7.57. The van der Waals surface area contributed by atoms with E-state index in [-0.39, 0.29) is 0 Å². The molecule has 0 aliphatic rings. The van der Waals surface area contributed by atoms with Crippen molar-refractivity contribution in [2.24, 2.45) is 5.92 Å². The standard InChI is InChI=1S/C15H30N4O2/c1-13(11-16-6-9-20-4)10-14-15(21-5)12-17-19(14)8-7-18(2)3/h12-13,16H,6-11H2,1-5H3. The quantitative estimate of drug-likeness (QED) is 0.614. The highest BCUT2D eigenvalue weighted by Crippen LogP contribution is 2.21. The number of hydrogen-bond acceptors (Lipinski definition) is 5. The van der Waals surface area contributed by atoms with Crippen LogP contribution < -0.4 is 10.1 Å². The lowest BCUT2D eigenvalue weighted by Crippen LogP contribution is -2.27. The number of hydrogen-bond donors (Lipinski definition) is 1. The molecule has 1 aromatic heterocycles. The number of ether oxygens (including phenoxy) is 2. The third-order valence-electron chi connectivity index (χ3n) is 3.41. The van der Waals surface area contributed by atoms with Crippen LogP contribution in [-0.4, -0.2) is 69.2 Å². The Bertz CT molecular complexity index is 393. The molecule has 1 heterocycles. The van der Waals surface area contributed by atoms with Crippen LogP contribution in [0.2, 0.25) is 0 Å². The van der Waals surface area contributed by atoms with Crippen molar-refractivity contribution in [2.45, 2.75) is 19.9 Å². The third kappa shape index (κ3) is 6.46. The average molecular weight is 298 g/mol. The summed E-state index contributed by atoms with van der Waals surface area (Å²) in [6.07, 6.45) is 2.77. The van der Waals surface area contributed by atoms with Crippen molar-refractivity contribution >= 4 is 0 Å². The van der Waals surface area contributed by atoms with Crippen molar-refractivity contribution in [3.8, 4) is 5.75 Å². The van der Waals surface area contributed by atoms with Crippen molar-refractivity contribution in [3.63, 3.8) is 0 Å². The van der Waals surface area contributed by atoms with Gasteiger partial charge in [0, 0.05) is 20.2 Å². The molecule has 1 N–H and O–H groups in total. The first-order valence-electron chi connectivity index (χ1n) is 7.51. The topological polar surface area (TPSA) is 51.5 Å². The van der Waals surface area contributed by atoms with Crippen LogP contribution in [0.15, 0.2) is 6.20 Å².